The molecule has 1 aromatic carbocycles. The van der Waals surface area contributed by atoms with E-state index in [0.29, 0.717) is 26.1 Å². The highest BCUT2D eigenvalue weighted by Gasteiger charge is 2.44. The monoisotopic (exact) mass is 246 g/mol. The zero-order valence-corrected chi connectivity index (χ0v) is 10.4. The van der Waals surface area contributed by atoms with Crippen molar-refractivity contribution in [3.8, 4) is 0 Å². The summed E-state index contributed by atoms with van der Waals surface area (Å²) in [6, 6.07) is 7.76. The van der Waals surface area contributed by atoms with E-state index in [0.717, 1.165) is 24.0 Å². The predicted octanol–water partition coefficient (Wildman–Crippen LogP) is 1.97. The lowest BCUT2D eigenvalue weighted by molar-refractivity contribution is -0.0916. The summed E-state index contributed by atoms with van der Waals surface area (Å²) in [6.45, 7) is 1.11. The molecule has 18 heavy (non-hydrogen) atoms. The van der Waals surface area contributed by atoms with E-state index in [-0.39, 0.29) is 11.7 Å². The maximum atomic E-state index is 12.5. The van der Waals surface area contributed by atoms with Crippen molar-refractivity contribution in [3.63, 3.8) is 0 Å². The van der Waals surface area contributed by atoms with Crippen LogP contribution in [-0.4, -0.2) is 29.7 Å². The molecule has 1 atom stereocenters. The van der Waals surface area contributed by atoms with Gasteiger partial charge in [0.15, 0.2) is 5.78 Å². The highest BCUT2D eigenvalue weighted by Crippen LogP contribution is 2.37. The van der Waals surface area contributed by atoms with Gasteiger partial charge in [0.25, 0.3) is 0 Å². The van der Waals surface area contributed by atoms with Crippen LogP contribution >= 0.6 is 0 Å². The van der Waals surface area contributed by atoms with Crippen LogP contribution in [0.2, 0.25) is 0 Å². The number of Topliss-reactive ketones (excluding diaryl/α,β-unsaturated/α-hetero) is 1. The topological polar surface area (TPSA) is 46.5 Å². The summed E-state index contributed by atoms with van der Waals surface area (Å²) in [7, 11) is 0. The van der Waals surface area contributed by atoms with Crippen LogP contribution in [0, 0.1) is 5.92 Å². The Morgan fingerprint density at radius 1 is 1.22 bits per heavy atom. The summed E-state index contributed by atoms with van der Waals surface area (Å²) in [5.41, 5.74) is 1.06. The Hall–Kier alpha value is -1.19. The van der Waals surface area contributed by atoms with Gasteiger partial charge in [0.05, 0.1) is 11.5 Å². The summed E-state index contributed by atoms with van der Waals surface area (Å²) < 4.78 is 5.29. The van der Waals surface area contributed by atoms with Crippen molar-refractivity contribution in [2.24, 2.45) is 5.92 Å². The van der Waals surface area contributed by atoms with Gasteiger partial charge >= 0.3 is 0 Å². The summed E-state index contributed by atoms with van der Waals surface area (Å²) >= 11 is 0. The lowest BCUT2D eigenvalue weighted by atomic mass is 9.70. The molecule has 3 nitrogen and oxygen atoms in total. The molecule has 0 aromatic heterocycles. The van der Waals surface area contributed by atoms with E-state index in [9.17, 15) is 9.90 Å². The van der Waals surface area contributed by atoms with Gasteiger partial charge in [0.1, 0.15) is 0 Å². The third-order valence-electron chi connectivity index (χ3n) is 4.31. The zero-order valence-electron chi connectivity index (χ0n) is 10.4. The lowest BCUT2D eigenvalue weighted by Crippen LogP contribution is -2.48. The van der Waals surface area contributed by atoms with Gasteiger partial charge in [0.2, 0.25) is 0 Å². The van der Waals surface area contributed by atoms with Crippen LogP contribution in [-0.2, 0) is 11.2 Å². The number of benzene rings is 1. The van der Waals surface area contributed by atoms with Gasteiger partial charge < -0.3 is 9.84 Å². The van der Waals surface area contributed by atoms with Gasteiger partial charge in [-0.05, 0) is 18.4 Å². The highest BCUT2D eigenvalue weighted by molar-refractivity contribution is 6.00. The van der Waals surface area contributed by atoms with Gasteiger partial charge in [-0.3, -0.25) is 4.79 Å². The van der Waals surface area contributed by atoms with Crippen LogP contribution < -0.4 is 0 Å². The van der Waals surface area contributed by atoms with Crippen LogP contribution in [0.15, 0.2) is 24.3 Å². The number of hydrogen-bond acceptors (Lipinski definition) is 3. The minimum absolute atomic E-state index is 0.112. The molecular weight excluding hydrogens is 228 g/mol. The third-order valence-corrected chi connectivity index (χ3v) is 4.31. The van der Waals surface area contributed by atoms with Gasteiger partial charge in [-0.1, -0.05) is 24.3 Å². The van der Waals surface area contributed by atoms with E-state index < -0.39 is 5.60 Å². The van der Waals surface area contributed by atoms with E-state index in [1.54, 1.807) is 0 Å². The second kappa shape index (κ2) is 4.48. The molecule has 96 valence electrons. The molecule has 0 amide bonds. The van der Waals surface area contributed by atoms with E-state index in [4.69, 9.17) is 4.74 Å². The largest absolute Gasteiger partial charge is 0.389 e. The van der Waals surface area contributed by atoms with Crippen molar-refractivity contribution in [1.29, 1.82) is 0 Å². The first-order chi connectivity index (χ1) is 8.71. The lowest BCUT2D eigenvalue weighted by Gasteiger charge is -2.40. The van der Waals surface area contributed by atoms with Crippen molar-refractivity contribution in [3.05, 3.63) is 35.4 Å². The maximum absolute atomic E-state index is 12.5. The molecule has 1 aromatic rings. The number of aliphatic hydroxyl groups is 1. The number of rotatable bonds is 1. The number of carbonyl (C=O) groups excluding carboxylic acids is 1. The molecule has 3 rings (SSSR count). The molecule has 0 bridgehead atoms. The Morgan fingerprint density at radius 3 is 2.72 bits per heavy atom. The number of fused-ring (bicyclic) bond motifs is 1. The smallest absolute Gasteiger partial charge is 0.169 e. The minimum atomic E-state index is -0.858. The predicted molar refractivity (Wildman–Crippen MR) is 67.6 cm³/mol. The molecule has 2 aliphatic rings. The summed E-state index contributed by atoms with van der Waals surface area (Å²) in [5.74, 6) is -0.141. The minimum Gasteiger partial charge on any atom is -0.389 e. The number of hydrogen-bond donors (Lipinski definition) is 1. The van der Waals surface area contributed by atoms with Crippen molar-refractivity contribution in [1.82, 2.24) is 0 Å². The first kappa shape index (κ1) is 11.9. The second-order valence-electron chi connectivity index (χ2n) is 5.33. The molecule has 1 saturated heterocycles. The summed E-state index contributed by atoms with van der Waals surface area (Å²) in [5, 5.41) is 10.7. The molecule has 1 aliphatic heterocycles. The Labute approximate surface area is 107 Å². The molecule has 1 aliphatic carbocycles. The van der Waals surface area contributed by atoms with Gasteiger partial charge in [-0.15, -0.1) is 0 Å². The average Bonchev–Trinajstić information content (AvgIpc) is 2.40. The van der Waals surface area contributed by atoms with Gasteiger partial charge in [-0.2, -0.15) is 0 Å². The van der Waals surface area contributed by atoms with Crippen LogP contribution in [0.4, 0.5) is 0 Å². The Kier molecular flexibility index (Phi) is 2.96. The Morgan fingerprint density at radius 2 is 1.94 bits per heavy atom. The SMILES string of the molecule is O=C1c2ccccc2CCC1C1(O)CCOCC1. The van der Waals surface area contributed by atoms with Crippen LogP contribution in [0.25, 0.3) is 0 Å². The maximum Gasteiger partial charge on any atom is 0.169 e. The van der Waals surface area contributed by atoms with E-state index in [1.165, 1.54) is 0 Å². The average molecular weight is 246 g/mol. The van der Waals surface area contributed by atoms with Crippen molar-refractivity contribution < 1.29 is 14.6 Å². The van der Waals surface area contributed by atoms with E-state index >= 15 is 0 Å². The fourth-order valence-corrected chi connectivity index (χ4v) is 3.18. The van der Waals surface area contributed by atoms with Crippen molar-refractivity contribution >= 4 is 5.78 Å². The number of aryl methyl sites for hydroxylation is 1. The quantitative estimate of drug-likeness (QED) is 0.824. The molecule has 1 unspecified atom stereocenters. The van der Waals surface area contributed by atoms with E-state index in [2.05, 4.69) is 0 Å². The Balaban J connectivity index is 1.90. The van der Waals surface area contributed by atoms with E-state index in [1.807, 2.05) is 24.3 Å². The molecule has 1 heterocycles. The summed E-state index contributed by atoms with van der Waals surface area (Å²) in [4.78, 5) is 12.5. The fourth-order valence-electron chi connectivity index (χ4n) is 3.18. The second-order valence-corrected chi connectivity index (χ2v) is 5.33. The molecular formula is C15H18O3. The normalized spacial score (nSPS) is 26.7. The Bertz CT molecular complexity index is 461. The molecule has 0 spiro atoms. The van der Waals surface area contributed by atoms with Crippen molar-refractivity contribution in [2.75, 3.05) is 13.2 Å². The van der Waals surface area contributed by atoms with Crippen LogP contribution in [0.1, 0.15) is 35.2 Å². The van der Waals surface area contributed by atoms with Crippen molar-refractivity contribution in [2.45, 2.75) is 31.3 Å². The standard InChI is InChI=1S/C15H18O3/c16-14-12-4-2-1-3-11(12)5-6-13(14)15(17)7-9-18-10-8-15/h1-4,13,17H,5-10H2. The molecule has 0 radical (unpaired) electrons. The molecule has 0 saturated carbocycles. The van der Waals surface area contributed by atoms with Crippen LogP contribution in [0.3, 0.4) is 0 Å². The molecule has 1 N–H and O–H groups in total. The third kappa shape index (κ3) is 1.88. The molecule has 1 fully saturated rings. The van der Waals surface area contributed by atoms with Gasteiger partial charge in [0, 0.05) is 31.6 Å². The fraction of sp³-hybridized carbons (Fsp3) is 0.533. The zero-order chi connectivity index (χ0) is 12.6. The van der Waals surface area contributed by atoms with Gasteiger partial charge in [-0.25, -0.2) is 0 Å². The summed E-state index contributed by atoms with van der Waals surface area (Å²) in [6.07, 6.45) is 2.79. The van der Waals surface area contributed by atoms with Crippen LogP contribution in [0.5, 0.6) is 0 Å². The first-order valence-corrected chi connectivity index (χ1v) is 6.63. The number of ether oxygens (including phenoxy) is 1. The number of ketones is 1. The first-order valence-electron chi connectivity index (χ1n) is 6.63. The molecule has 3 heteroatoms. The number of carbonyl (C=O) groups is 1. The highest BCUT2D eigenvalue weighted by atomic mass is 16.5.